The van der Waals surface area contributed by atoms with Gasteiger partial charge in [0.1, 0.15) is 11.3 Å². The molecule has 4 rings (SSSR count). The molecule has 0 saturated carbocycles. The lowest BCUT2D eigenvalue weighted by Gasteiger charge is -2.09. The van der Waals surface area contributed by atoms with Crippen LogP contribution in [0.5, 0.6) is 5.75 Å². The first-order valence-electron chi connectivity index (χ1n) is 10.3. The maximum atomic E-state index is 13.0. The molecule has 0 saturated heterocycles. The molecule has 0 atom stereocenters. The Labute approximate surface area is 196 Å². The number of fused-ring (bicyclic) bond motifs is 1. The molecule has 3 aromatic carbocycles. The predicted molar refractivity (Wildman–Crippen MR) is 130 cm³/mol. The zero-order valence-electron chi connectivity index (χ0n) is 18.4. The van der Waals surface area contributed by atoms with Gasteiger partial charge in [0.15, 0.2) is 4.80 Å². The predicted octanol–water partition coefficient (Wildman–Crippen LogP) is 4.58. The maximum Gasteiger partial charge on any atom is 0.279 e. The third kappa shape index (κ3) is 4.55. The van der Waals surface area contributed by atoms with E-state index in [9.17, 15) is 13.2 Å². The fourth-order valence-electron chi connectivity index (χ4n) is 3.50. The van der Waals surface area contributed by atoms with Gasteiger partial charge in [0.25, 0.3) is 15.9 Å². The van der Waals surface area contributed by atoms with Crippen molar-refractivity contribution < 1.29 is 17.9 Å². The second-order valence-corrected chi connectivity index (χ2v) is 9.97. The van der Waals surface area contributed by atoms with Crippen molar-refractivity contribution in [3.05, 3.63) is 82.7 Å². The highest BCUT2D eigenvalue weighted by Crippen LogP contribution is 2.30. The standard InChI is InChI=1S/C24H23N3O4S2/c1-4-27-21-20(31-3)14-13-16(2)22(21)32-24(27)25-23(28)17-9-8-10-18(15-17)26-33(29,30)19-11-6-5-7-12-19/h5-15,26H,4H2,1-3H3. The number of ether oxygens (including phenoxy) is 1. The van der Waals surface area contributed by atoms with Crippen molar-refractivity contribution in [2.75, 3.05) is 11.8 Å². The zero-order valence-corrected chi connectivity index (χ0v) is 20.0. The summed E-state index contributed by atoms with van der Waals surface area (Å²) in [6.45, 7) is 4.60. The molecule has 0 aliphatic carbocycles. The van der Waals surface area contributed by atoms with Crippen molar-refractivity contribution in [3.8, 4) is 5.75 Å². The lowest BCUT2D eigenvalue weighted by atomic mass is 10.2. The average molecular weight is 482 g/mol. The van der Waals surface area contributed by atoms with E-state index in [4.69, 9.17) is 4.74 Å². The third-order valence-corrected chi connectivity index (χ3v) is 7.74. The van der Waals surface area contributed by atoms with Gasteiger partial charge >= 0.3 is 0 Å². The Morgan fingerprint density at radius 1 is 1.09 bits per heavy atom. The Hall–Kier alpha value is -3.43. The van der Waals surface area contributed by atoms with Crippen molar-refractivity contribution in [2.45, 2.75) is 25.3 Å². The number of aromatic nitrogens is 1. The number of hydrogen-bond donors (Lipinski definition) is 1. The van der Waals surface area contributed by atoms with E-state index in [0.29, 0.717) is 11.3 Å². The van der Waals surface area contributed by atoms with Crippen LogP contribution in [0.4, 0.5) is 5.69 Å². The highest BCUT2D eigenvalue weighted by molar-refractivity contribution is 7.92. The molecule has 33 heavy (non-hydrogen) atoms. The van der Waals surface area contributed by atoms with E-state index in [0.717, 1.165) is 21.5 Å². The minimum absolute atomic E-state index is 0.144. The first-order valence-corrected chi connectivity index (χ1v) is 12.6. The highest BCUT2D eigenvalue weighted by Gasteiger charge is 2.16. The second-order valence-electron chi connectivity index (χ2n) is 7.31. The number of carbonyl (C=O) groups is 1. The van der Waals surface area contributed by atoms with Crippen molar-refractivity contribution in [3.63, 3.8) is 0 Å². The van der Waals surface area contributed by atoms with Crippen molar-refractivity contribution in [1.29, 1.82) is 0 Å². The van der Waals surface area contributed by atoms with Crippen molar-refractivity contribution in [2.24, 2.45) is 4.99 Å². The number of amides is 1. The summed E-state index contributed by atoms with van der Waals surface area (Å²) in [5, 5.41) is 0. The summed E-state index contributed by atoms with van der Waals surface area (Å²) in [7, 11) is -2.15. The van der Waals surface area contributed by atoms with E-state index in [1.165, 1.54) is 29.5 Å². The topological polar surface area (TPSA) is 89.8 Å². The smallest absolute Gasteiger partial charge is 0.279 e. The van der Waals surface area contributed by atoms with E-state index in [-0.39, 0.29) is 16.1 Å². The number of sulfonamides is 1. The average Bonchev–Trinajstić information content (AvgIpc) is 3.19. The molecular weight excluding hydrogens is 458 g/mol. The van der Waals surface area contributed by atoms with Gasteiger partial charge in [-0.15, -0.1) is 0 Å². The fourth-order valence-corrected chi connectivity index (χ4v) is 5.75. The van der Waals surface area contributed by atoms with Crippen LogP contribution in [0.25, 0.3) is 10.2 Å². The van der Waals surface area contributed by atoms with E-state index in [2.05, 4.69) is 9.71 Å². The van der Waals surface area contributed by atoms with Crippen molar-refractivity contribution in [1.82, 2.24) is 4.57 Å². The number of rotatable bonds is 6. The lowest BCUT2D eigenvalue weighted by Crippen LogP contribution is -2.16. The number of hydrogen-bond acceptors (Lipinski definition) is 5. The van der Waals surface area contributed by atoms with E-state index >= 15 is 0 Å². The Kier molecular flexibility index (Phi) is 6.35. The van der Waals surface area contributed by atoms with Gasteiger partial charge in [0, 0.05) is 17.8 Å². The molecule has 7 nitrogen and oxygen atoms in total. The number of thiazole rings is 1. The fraction of sp³-hybridized carbons (Fsp3) is 0.167. The van der Waals surface area contributed by atoms with E-state index in [1.54, 1.807) is 43.5 Å². The maximum absolute atomic E-state index is 13.0. The molecule has 4 aromatic rings. The largest absolute Gasteiger partial charge is 0.495 e. The van der Waals surface area contributed by atoms with Gasteiger partial charge in [0.05, 0.1) is 16.7 Å². The first-order chi connectivity index (χ1) is 15.8. The van der Waals surface area contributed by atoms with Crippen LogP contribution in [-0.2, 0) is 16.6 Å². The molecule has 0 aliphatic rings. The minimum Gasteiger partial charge on any atom is -0.495 e. The first kappa shape index (κ1) is 22.8. The number of methoxy groups -OCH3 is 1. The normalized spacial score (nSPS) is 12.2. The highest BCUT2D eigenvalue weighted by atomic mass is 32.2. The molecule has 0 aliphatic heterocycles. The zero-order chi connectivity index (χ0) is 23.6. The lowest BCUT2D eigenvalue weighted by molar-refractivity contribution is 0.0998. The molecule has 0 spiro atoms. The molecular formula is C24H23N3O4S2. The number of benzene rings is 3. The summed E-state index contributed by atoms with van der Waals surface area (Å²) < 4.78 is 36.2. The van der Waals surface area contributed by atoms with Gasteiger partial charge in [-0.2, -0.15) is 4.99 Å². The van der Waals surface area contributed by atoms with Gasteiger partial charge in [-0.1, -0.05) is 41.7 Å². The molecule has 1 amide bonds. The van der Waals surface area contributed by atoms with Crippen LogP contribution in [-0.4, -0.2) is 26.0 Å². The van der Waals surface area contributed by atoms with Crippen LogP contribution in [0.15, 0.2) is 76.6 Å². The van der Waals surface area contributed by atoms with Crippen LogP contribution in [0, 0.1) is 6.92 Å². The Bertz CT molecular complexity index is 1500. The molecule has 0 unspecified atom stereocenters. The molecule has 0 bridgehead atoms. The molecule has 1 N–H and O–H groups in total. The molecule has 0 radical (unpaired) electrons. The Morgan fingerprint density at radius 3 is 2.55 bits per heavy atom. The number of anilines is 1. The second kappa shape index (κ2) is 9.21. The third-order valence-electron chi connectivity index (χ3n) is 5.13. The number of nitrogens with one attached hydrogen (secondary N) is 1. The summed E-state index contributed by atoms with van der Waals surface area (Å²) in [4.78, 5) is 18.1. The van der Waals surface area contributed by atoms with E-state index < -0.39 is 15.9 Å². The Morgan fingerprint density at radius 2 is 1.85 bits per heavy atom. The van der Waals surface area contributed by atoms with Crippen LogP contribution in [0.3, 0.4) is 0 Å². The SMILES string of the molecule is CCn1c(=NC(=O)c2cccc(NS(=O)(=O)c3ccccc3)c2)sc2c(C)ccc(OC)c21. The van der Waals surface area contributed by atoms with Crippen LogP contribution >= 0.6 is 11.3 Å². The summed E-state index contributed by atoms with van der Waals surface area (Å²) in [5.74, 6) is 0.265. The summed E-state index contributed by atoms with van der Waals surface area (Å²) in [6, 6.07) is 18.3. The number of carbonyl (C=O) groups excluding carboxylic acids is 1. The molecule has 170 valence electrons. The van der Waals surface area contributed by atoms with E-state index in [1.807, 2.05) is 30.5 Å². The molecule has 1 aromatic heterocycles. The monoisotopic (exact) mass is 481 g/mol. The van der Waals surface area contributed by atoms with Crippen LogP contribution < -0.4 is 14.3 Å². The van der Waals surface area contributed by atoms with Gasteiger partial charge in [-0.3, -0.25) is 9.52 Å². The Balaban J connectivity index is 1.72. The number of nitrogens with zero attached hydrogens (tertiary/aromatic N) is 2. The van der Waals surface area contributed by atoms with Crippen LogP contribution in [0.1, 0.15) is 22.8 Å². The van der Waals surface area contributed by atoms with Crippen LogP contribution in [0.2, 0.25) is 0 Å². The van der Waals surface area contributed by atoms with Crippen molar-refractivity contribution >= 4 is 43.2 Å². The quantitative estimate of drug-likeness (QED) is 0.436. The molecule has 1 heterocycles. The minimum atomic E-state index is -3.76. The van der Waals surface area contributed by atoms with Gasteiger partial charge in [0.2, 0.25) is 0 Å². The molecule has 0 fully saturated rings. The summed E-state index contributed by atoms with van der Waals surface area (Å²) in [6.07, 6.45) is 0. The van der Waals surface area contributed by atoms with Gasteiger partial charge in [-0.05, 0) is 55.8 Å². The van der Waals surface area contributed by atoms with Gasteiger partial charge < -0.3 is 9.30 Å². The summed E-state index contributed by atoms with van der Waals surface area (Å²) in [5.41, 5.74) is 2.55. The summed E-state index contributed by atoms with van der Waals surface area (Å²) >= 11 is 1.42. The molecule has 9 heteroatoms. The number of aryl methyl sites for hydroxylation is 2. The van der Waals surface area contributed by atoms with Gasteiger partial charge in [-0.25, -0.2) is 8.42 Å².